The van der Waals surface area contributed by atoms with Gasteiger partial charge >= 0.3 is 0 Å². The predicted octanol–water partition coefficient (Wildman–Crippen LogP) is 6.47. The highest BCUT2D eigenvalue weighted by molar-refractivity contribution is 6.31. The van der Waals surface area contributed by atoms with Crippen LogP contribution in [0.3, 0.4) is 0 Å². The van der Waals surface area contributed by atoms with Gasteiger partial charge in [0.25, 0.3) is 0 Å². The number of rotatable bonds is 7. The van der Waals surface area contributed by atoms with Crippen LogP contribution in [0.4, 0.5) is 0 Å². The molecule has 2 aromatic carbocycles. The summed E-state index contributed by atoms with van der Waals surface area (Å²) < 4.78 is 11.8. The van der Waals surface area contributed by atoms with Crippen LogP contribution in [0.25, 0.3) is 0 Å². The van der Waals surface area contributed by atoms with Gasteiger partial charge in [0.2, 0.25) is 0 Å². The minimum atomic E-state index is 0.672. The monoisotopic (exact) mass is 366 g/mol. The molecule has 0 N–H and O–H groups in total. The summed E-state index contributed by atoms with van der Waals surface area (Å²) in [5, 5.41) is 1.50. The van der Waals surface area contributed by atoms with Gasteiger partial charge in [-0.05, 0) is 87.1 Å². The molecule has 2 nitrogen and oxygen atoms in total. The maximum Gasteiger partial charge on any atom is 0.125 e. The fourth-order valence-corrected chi connectivity index (χ4v) is 3.46. The first-order chi connectivity index (χ1) is 11.4. The Morgan fingerprint density at radius 1 is 0.625 bits per heavy atom. The lowest BCUT2D eigenvalue weighted by atomic mass is 10.1. The van der Waals surface area contributed by atoms with E-state index in [4.69, 9.17) is 32.7 Å². The molecule has 130 valence electrons. The highest BCUT2D eigenvalue weighted by atomic mass is 35.5. The zero-order valence-corrected chi connectivity index (χ0v) is 16.2. The van der Waals surface area contributed by atoms with Crippen molar-refractivity contribution in [1.82, 2.24) is 0 Å². The number of benzene rings is 2. The number of unbranched alkanes of at least 4 members (excludes halogenated alkanes) is 1. The number of ether oxygens (including phenoxy) is 2. The second kappa shape index (κ2) is 8.64. The zero-order chi connectivity index (χ0) is 17.7. The summed E-state index contributed by atoms with van der Waals surface area (Å²) in [5.41, 5.74) is 4.29. The fraction of sp³-hybridized carbons (Fsp3) is 0.400. The molecule has 0 amide bonds. The molecular weight excluding hydrogens is 343 g/mol. The number of hydrogen-bond donors (Lipinski definition) is 0. The van der Waals surface area contributed by atoms with Crippen molar-refractivity contribution in [2.75, 3.05) is 13.2 Å². The van der Waals surface area contributed by atoms with E-state index in [0.29, 0.717) is 13.2 Å². The highest BCUT2D eigenvalue weighted by Crippen LogP contribution is 2.28. The number of halogens is 2. The highest BCUT2D eigenvalue weighted by Gasteiger charge is 2.07. The molecule has 2 rings (SSSR count). The van der Waals surface area contributed by atoms with Gasteiger partial charge in [0.1, 0.15) is 11.5 Å². The first kappa shape index (κ1) is 19.0. The molecule has 0 atom stereocenters. The first-order valence-corrected chi connectivity index (χ1v) is 8.93. The first-order valence-electron chi connectivity index (χ1n) is 8.17. The standard InChI is InChI=1S/C20H24Cl2O2/c1-13-9-17(21)10-14(2)19(13)23-7-5-6-8-24-20-15(3)11-18(22)12-16(20)4/h9-12H,5-8H2,1-4H3. The van der Waals surface area contributed by atoms with Crippen LogP contribution in [0, 0.1) is 27.7 Å². The Morgan fingerprint density at radius 2 is 0.917 bits per heavy atom. The summed E-state index contributed by atoms with van der Waals surface area (Å²) in [6.45, 7) is 9.41. The summed E-state index contributed by atoms with van der Waals surface area (Å²) in [6.07, 6.45) is 1.88. The molecule has 0 aliphatic heterocycles. The van der Waals surface area contributed by atoms with Crippen molar-refractivity contribution in [3.05, 3.63) is 56.6 Å². The smallest absolute Gasteiger partial charge is 0.125 e. The number of hydrogen-bond acceptors (Lipinski definition) is 2. The van der Waals surface area contributed by atoms with Crippen LogP contribution in [-0.4, -0.2) is 13.2 Å². The predicted molar refractivity (Wildman–Crippen MR) is 102 cm³/mol. The molecule has 4 heteroatoms. The Kier molecular flexibility index (Phi) is 6.82. The molecule has 0 saturated heterocycles. The third-order valence-corrected chi connectivity index (χ3v) is 4.32. The van der Waals surface area contributed by atoms with E-state index in [2.05, 4.69) is 0 Å². The van der Waals surface area contributed by atoms with Gasteiger partial charge in [-0.1, -0.05) is 23.2 Å². The van der Waals surface area contributed by atoms with Crippen LogP contribution in [0.2, 0.25) is 10.0 Å². The van der Waals surface area contributed by atoms with Crippen molar-refractivity contribution in [1.29, 1.82) is 0 Å². The summed E-state index contributed by atoms with van der Waals surface area (Å²) in [4.78, 5) is 0. The lowest BCUT2D eigenvalue weighted by Gasteiger charge is -2.14. The Morgan fingerprint density at radius 3 is 1.21 bits per heavy atom. The molecule has 0 aromatic heterocycles. The largest absolute Gasteiger partial charge is 0.493 e. The van der Waals surface area contributed by atoms with Crippen molar-refractivity contribution in [2.45, 2.75) is 40.5 Å². The third kappa shape index (κ3) is 5.06. The van der Waals surface area contributed by atoms with E-state index < -0.39 is 0 Å². The molecular formula is C20H24Cl2O2. The Balaban J connectivity index is 1.77. The van der Waals surface area contributed by atoms with Crippen LogP contribution in [0.15, 0.2) is 24.3 Å². The van der Waals surface area contributed by atoms with Crippen molar-refractivity contribution in [2.24, 2.45) is 0 Å². The minimum Gasteiger partial charge on any atom is -0.493 e. The van der Waals surface area contributed by atoms with Crippen LogP contribution in [0.1, 0.15) is 35.1 Å². The summed E-state index contributed by atoms with van der Waals surface area (Å²) in [7, 11) is 0. The van der Waals surface area contributed by atoms with Gasteiger partial charge in [-0.3, -0.25) is 0 Å². The maximum atomic E-state index is 6.04. The SMILES string of the molecule is Cc1cc(Cl)cc(C)c1OCCCCOc1c(C)cc(Cl)cc1C. The van der Waals surface area contributed by atoms with Crippen LogP contribution in [-0.2, 0) is 0 Å². The molecule has 0 fully saturated rings. The Labute approximate surface area is 154 Å². The van der Waals surface area contributed by atoms with Crippen molar-refractivity contribution >= 4 is 23.2 Å². The molecule has 0 saturated carbocycles. The van der Waals surface area contributed by atoms with E-state index in [1.54, 1.807) is 0 Å². The summed E-state index contributed by atoms with van der Waals surface area (Å²) >= 11 is 12.1. The molecule has 24 heavy (non-hydrogen) atoms. The van der Waals surface area contributed by atoms with Gasteiger partial charge in [-0.2, -0.15) is 0 Å². The lowest BCUT2D eigenvalue weighted by molar-refractivity contribution is 0.263. The van der Waals surface area contributed by atoms with Gasteiger partial charge in [0, 0.05) is 10.0 Å². The van der Waals surface area contributed by atoms with Gasteiger partial charge < -0.3 is 9.47 Å². The van der Waals surface area contributed by atoms with Crippen molar-refractivity contribution in [3.63, 3.8) is 0 Å². The Hall–Kier alpha value is -1.38. The second-order valence-corrected chi connectivity index (χ2v) is 7.01. The van der Waals surface area contributed by atoms with E-state index in [9.17, 15) is 0 Å². The van der Waals surface area contributed by atoms with Crippen LogP contribution in [0.5, 0.6) is 11.5 Å². The van der Waals surface area contributed by atoms with Crippen molar-refractivity contribution < 1.29 is 9.47 Å². The van der Waals surface area contributed by atoms with E-state index >= 15 is 0 Å². The van der Waals surface area contributed by atoms with Gasteiger partial charge in [-0.25, -0.2) is 0 Å². The van der Waals surface area contributed by atoms with Crippen LogP contribution >= 0.6 is 23.2 Å². The third-order valence-electron chi connectivity index (χ3n) is 3.88. The molecule has 0 spiro atoms. The quantitative estimate of drug-likeness (QED) is 0.523. The average Bonchev–Trinajstić information content (AvgIpc) is 2.46. The van der Waals surface area contributed by atoms with Gasteiger partial charge in [-0.15, -0.1) is 0 Å². The summed E-state index contributed by atoms with van der Waals surface area (Å²) in [6, 6.07) is 7.72. The molecule has 0 aliphatic rings. The summed E-state index contributed by atoms with van der Waals surface area (Å²) in [5.74, 6) is 1.87. The van der Waals surface area contributed by atoms with Crippen LogP contribution < -0.4 is 9.47 Å². The van der Waals surface area contributed by atoms with Gasteiger partial charge in [0.15, 0.2) is 0 Å². The molecule has 0 bridgehead atoms. The zero-order valence-electron chi connectivity index (χ0n) is 14.7. The Bertz CT molecular complexity index is 603. The lowest BCUT2D eigenvalue weighted by Crippen LogP contribution is -2.05. The van der Waals surface area contributed by atoms with Gasteiger partial charge in [0.05, 0.1) is 13.2 Å². The minimum absolute atomic E-state index is 0.672. The fourth-order valence-electron chi connectivity index (χ4n) is 2.80. The normalized spacial score (nSPS) is 10.8. The van der Waals surface area contributed by atoms with E-state index in [1.807, 2.05) is 52.0 Å². The molecule has 0 radical (unpaired) electrons. The van der Waals surface area contributed by atoms with Crippen molar-refractivity contribution in [3.8, 4) is 11.5 Å². The average molecular weight is 367 g/mol. The topological polar surface area (TPSA) is 18.5 Å². The van der Waals surface area contributed by atoms with E-state index in [-0.39, 0.29) is 0 Å². The van der Waals surface area contributed by atoms with E-state index in [0.717, 1.165) is 56.6 Å². The molecule has 0 heterocycles. The molecule has 0 aliphatic carbocycles. The molecule has 2 aromatic rings. The molecule has 0 unspecified atom stereocenters. The maximum absolute atomic E-state index is 6.04. The number of aryl methyl sites for hydroxylation is 4. The second-order valence-electron chi connectivity index (χ2n) is 6.14. The van der Waals surface area contributed by atoms with E-state index in [1.165, 1.54) is 0 Å².